The summed E-state index contributed by atoms with van der Waals surface area (Å²) in [5, 5.41) is 10.8. The number of pyridine rings is 1. The van der Waals surface area contributed by atoms with E-state index in [0.29, 0.717) is 40.5 Å². The van der Waals surface area contributed by atoms with Crippen LogP contribution in [0.1, 0.15) is 52.8 Å². The first-order valence-corrected chi connectivity index (χ1v) is 12.8. The van der Waals surface area contributed by atoms with Gasteiger partial charge in [0.2, 0.25) is 0 Å². The molecular formula is C25H21F3N8OS. The van der Waals surface area contributed by atoms with Crippen LogP contribution in [0, 0.1) is 5.82 Å². The topological polar surface area (TPSA) is 103 Å². The van der Waals surface area contributed by atoms with Gasteiger partial charge in [0.25, 0.3) is 12.3 Å². The molecule has 1 aliphatic carbocycles. The zero-order chi connectivity index (χ0) is 26.2. The molecule has 1 amide bonds. The van der Waals surface area contributed by atoms with E-state index in [-0.39, 0.29) is 22.0 Å². The predicted molar refractivity (Wildman–Crippen MR) is 134 cm³/mol. The van der Waals surface area contributed by atoms with Crippen molar-refractivity contribution in [2.75, 3.05) is 0 Å². The molecule has 0 spiro atoms. The highest BCUT2D eigenvalue weighted by atomic mass is 32.1. The fourth-order valence-electron chi connectivity index (χ4n) is 4.92. The molecule has 1 fully saturated rings. The van der Waals surface area contributed by atoms with Gasteiger partial charge in [-0.1, -0.05) is 17.3 Å². The molecule has 1 saturated carbocycles. The standard InChI is InChI=1S/C25H21F3N8OS/c26-17-7-2-1-6-16(17)23-33-18-12-29-21(35-9-8-31-34-35)11-19(18)36(23)15-5-3-4-14(10-15)32-24(37)25-30-13-20(38-25)22(27)28/h1-2,6-9,11-15,22H,3-5,10H2,(H,32,37)/t14-,15+/m0/s1. The first-order chi connectivity index (χ1) is 18.5. The Bertz CT molecular complexity index is 1600. The van der Waals surface area contributed by atoms with E-state index in [2.05, 4.69) is 25.6 Å². The van der Waals surface area contributed by atoms with Crippen molar-refractivity contribution >= 4 is 28.3 Å². The molecule has 0 aliphatic heterocycles. The van der Waals surface area contributed by atoms with Gasteiger partial charge in [0, 0.05) is 24.3 Å². The second-order valence-electron chi connectivity index (χ2n) is 9.02. The minimum absolute atomic E-state index is 0.00565. The van der Waals surface area contributed by atoms with Crippen LogP contribution in [0.2, 0.25) is 0 Å². The molecule has 0 saturated heterocycles. The number of hydrogen-bond acceptors (Lipinski definition) is 7. The number of amides is 1. The van der Waals surface area contributed by atoms with E-state index in [1.807, 2.05) is 10.6 Å². The van der Waals surface area contributed by atoms with Crippen molar-refractivity contribution in [2.24, 2.45) is 0 Å². The predicted octanol–water partition coefficient (Wildman–Crippen LogP) is 5.13. The second-order valence-corrected chi connectivity index (χ2v) is 10.1. The zero-order valence-electron chi connectivity index (χ0n) is 19.8. The van der Waals surface area contributed by atoms with Crippen LogP contribution in [0.3, 0.4) is 0 Å². The summed E-state index contributed by atoms with van der Waals surface area (Å²) in [5.74, 6) is 0.132. The number of alkyl halides is 2. The van der Waals surface area contributed by atoms with E-state index in [4.69, 9.17) is 4.98 Å². The molecule has 9 nitrogen and oxygen atoms in total. The third kappa shape index (κ3) is 4.53. The van der Waals surface area contributed by atoms with Gasteiger partial charge in [0.1, 0.15) is 17.2 Å². The van der Waals surface area contributed by atoms with E-state index in [1.165, 1.54) is 10.7 Å². The van der Waals surface area contributed by atoms with Crippen LogP contribution in [0.4, 0.5) is 13.2 Å². The minimum atomic E-state index is -2.67. The van der Waals surface area contributed by atoms with E-state index >= 15 is 0 Å². The number of hydrogen-bond donors (Lipinski definition) is 1. The SMILES string of the molecule is O=C(N[C@H]1CCC[C@@H](n2c(-c3ccccc3F)nc3cnc(-n4ccnn4)cc32)C1)c1ncc(C(F)F)s1. The van der Waals surface area contributed by atoms with E-state index < -0.39 is 18.1 Å². The number of fused-ring (bicyclic) bond motifs is 1. The van der Waals surface area contributed by atoms with Crippen molar-refractivity contribution in [1.29, 1.82) is 0 Å². The molecule has 4 heterocycles. The summed E-state index contributed by atoms with van der Waals surface area (Å²) >= 11 is 0.689. The lowest BCUT2D eigenvalue weighted by Gasteiger charge is -2.32. The Balaban J connectivity index is 1.36. The van der Waals surface area contributed by atoms with E-state index in [9.17, 15) is 18.0 Å². The smallest absolute Gasteiger partial charge is 0.280 e. The third-order valence-corrected chi connectivity index (χ3v) is 7.62. The molecule has 0 unspecified atom stereocenters. The van der Waals surface area contributed by atoms with Crippen molar-refractivity contribution in [3.63, 3.8) is 0 Å². The number of thiazole rings is 1. The Morgan fingerprint density at radius 3 is 2.79 bits per heavy atom. The molecule has 0 bridgehead atoms. The Morgan fingerprint density at radius 1 is 1.16 bits per heavy atom. The number of carbonyl (C=O) groups excluding carboxylic acids is 1. The lowest BCUT2D eigenvalue weighted by atomic mass is 9.90. The molecule has 1 N–H and O–H groups in total. The highest BCUT2D eigenvalue weighted by Crippen LogP contribution is 2.37. The van der Waals surface area contributed by atoms with Crippen LogP contribution < -0.4 is 5.32 Å². The van der Waals surface area contributed by atoms with Crippen LogP contribution in [-0.2, 0) is 0 Å². The van der Waals surface area contributed by atoms with Crippen molar-refractivity contribution in [3.05, 3.63) is 70.8 Å². The Morgan fingerprint density at radius 2 is 2.03 bits per heavy atom. The molecule has 2 atom stereocenters. The highest BCUT2D eigenvalue weighted by molar-refractivity contribution is 7.13. The van der Waals surface area contributed by atoms with Gasteiger partial charge in [-0.2, -0.15) is 0 Å². The summed E-state index contributed by atoms with van der Waals surface area (Å²) in [4.78, 5) is 25.6. The van der Waals surface area contributed by atoms with E-state index in [0.717, 1.165) is 31.0 Å². The number of nitrogens with one attached hydrogen (secondary N) is 1. The maximum absolute atomic E-state index is 14.9. The van der Waals surface area contributed by atoms with Crippen molar-refractivity contribution in [2.45, 2.75) is 44.2 Å². The average molecular weight is 539 g/mol. The van der Waals surface area contributed by atoms with Crippen LogP contribution in [-0.4, -0.2) is 46.5 Å². The first-order valence-electron chi connectivity index (χ1n) is 12.0. The normalized spacial score (nSPS) is 17.8. The molecule has 5 aromatic rings. The van der Waals surface area contributed by atoms with Gasteiger partial charge in [-0.3, -0.25) is 4.79 Å². The fourth-order valence-corrected chi connectivity index (χ4v) is 5.59. The van der Waals surface area contributed by atoms with Gasteiger partial charge in [-0.15, -0.1) is 16.4 Å². The molecular weight excluding hydrogens is 517 g/mol. The van der Waals surface area contributed by atoms with Gasteiger partial charge in [-0.05, 0) is 37.8 Å². The lowest BCUT2D eigenvalue weighted by Crippen LogP contribution is -2.39. The Labute approximate surface area is 218 Å². The summed E-state index contributed by atoms with van der Waals surface area (Å²) in [6, 6.07) is 7.96. The molecule has 38 heavy (non-hydrogen) atoms. The highest BCUT2D eigenvalue weighted by Gasteiger charge is 2.30. The monoisotopic (exact) mass is 538 g/mol. The number of aromatic nitrogens is 7. The molecule has 1 aliphatic rings. The van der Waals surface area contributed by atoms with E-state index in [1.54, 1.807) is 36.8 Å². The van der Waals surface area contributed by atoms with Crippen molar-refractivity contribution < 1.29 is 18.0 Å². The number of imidazole rings is 1. The summed E-state index contributed by atoms with van der Waals surface area (Å²) < 4.78 is 44.4. The number of nitrogens with zero attached hydrogens (tertiary/aromatic N) is 7. The van der Waals surface area contributed by atoms with Crippen LogP contribution in [0.15, 0.2) is 55.1 Å². The van der Waals surface area contributed by atoms with Gasteiger partial charge in [-0.25, -0.2) is 32.8 Å². The second kappa shape index (κ2) is 9.97. The van der Waals surface area contributed by atoms with Crippen LogP contribution >= 0.6 is 11.3 Å². The molecule has 4 aromatic heterocycles. The quantitative estimate of drug-likeness (QED) is 0.322. The van der Waals surface area contributed by atoms with Crippen LogP contribution in [0.25, 0.3) is 28.2 Å². The number of benzene rings is 1. The Kier molecular flexibility index (Phi) is 6.35. The maximum atomic E-state index is 14.9. The third-order valence-electron chi connectivity index (χ3n) is 6.61. The first kappa shape index (κ1) is 24.2. The lowest BCUT2D eigenvalue weighted by molar-refractivity contribution is 0.0920. The molecule has 1 aromatic carbocycles. The number of halogens is 3. The zero-order valence-corrected chi connectivity index (χ0v) is 20.7. The number of rotatable bonds is 6. The largest absolute Gasteiger partial charge is 0.347 e. The summed E-state index contributed by atoms with van der Waals surface area (Å²) in [6.07, 6.45) is 6.07. The average Bonchev–Trinajstić information content (AvgIpc) is 3.69. The van der Waals surface area contributed by atoms with Gasteiger partial charge < -0.3 is 9.88 Å². The maximum Gasteiger partial charge on any atom is 0.280 e. The fraction of sp³-hybridized carbons (Fsp3) is 0.280. The molecule has 194 valence electrons. The van der Waals surface area contributed by atoms with Gasteiger partial charge >= 0.3 is 0 Å². The summed E-state index contributed by atoms with van der Waals surface area (Å²) in [6.45, 7) is 0. The van der Waals surface area contributed by atoms with Crippen molar-refractivity contribution in [1.82, 2.24) is 39.8 Å². The van der Waals surface area contributed by atoms with Gasteiger partial charge in [0.05, 0.1) is 34.5 Å². The Hall–Kier alpha value is -4.13. The molecule has 6 rings (SSSR count). The van der Waals surface area contributed by atoms with Crippen LogP contribution in [0.5, 0.6) is 0 Å². The van der Waals surface area contributed by atoms with Crippen molar-refractivity contribution in [3.8, 4) is 17.2 Å². The summed E-state index contributed by atoms with van der Waals surface area (Å²) in [5.41, 5.74) is 1.71. The minimum Gasteiger partial charge on any atom is -0.347 e. The van der Waals surface area contributed by atoms with Gasteiger partial charge in [0.15, 0.2) is 10.8 Å². The molecule has 0 radical (unpaired) electrons. The summed E-state index contributed by atoms with van der Waals surface area (Å²) in [7, 11) is 0. The number of carbonyl (C=O) groups is 1. The molecule has 13 heteroatoms.